The van der Waals surface area contributed by atoms with Gasteiger partial charge in [-0.15, -0.1) is 0 Å². The van der Waals surface area contributed by atoms with Crippen LogP contribution in [-0.4, -0.2) is 61.2 Å². The van der Waals surface area contributed by atoms with Crippen molar-refractivity contribution in [2.45, 2.75) is 58.0 Å². The molecule has 1 saturated heterocycles. The molecule has 3 nitrogen and oxygen atoms in total. The molecule has 3 heteroatoms. The van der Waals surface area contributed by atoms with Gasteiger partial charge in [0.05, 0.1) is 0 Å². The lowest BCUT2D eigenvalue weighted by molar-refractivity contribution is 0.103. The molecule has 0 spiro atoms. The Labute approximate surface area is 113 Å². The summed E-state index contributed by atoms with van der Waals surface area (Å²) in [6.45, 7) is 12.1. The van der Waals surface area contributed by atoms with Crippen LogP contribution in [0.25, 0.3) is 0 Å². The van der Waals surface area contributed by atoms with Crippen molar-refractivity contribution in [1.82, 2.24) is 15.1 Å². The molecule has 2 fully saturated rings. The molecule has 0 aromatic heterocycles. The van der Waals surface area contributed by atoms with E-state index < -0.39 is 0 Å². The Morgan fingerprint density at radius 2 is 1.72 bits per heavy atom. The first-order valence-electron chi connectivity index (χ1n) is 7.99. The average molecular weight is 253 g/mol. The molecule has 2 rings (SSSR count). The van der Waals surface area contributed by atoms with Crippen LogP contribution in [0.5, 0.6) is 0 Å². The molecule has 1 heterocycles. The molecule has 0 aromatic carbocycles. The molecular weight excluding hydrogens is 222 g/mol. The highest BCUT2D eigenvalue weighted by atomic mass is 15.3. The Hall–Kier alpha value is -0.120. The molecule has 0 amide bonds. The fourth-order valence-electron chi connectivity index (χ4n) is 3.29. The summed E-state index contributed by atoms with van der Waals surface area (Å²) in [7, 11) is 0. The second-order valence-corrected chi connectivity index (χ2v) is 6.06. The van der Waals surface area contributed by atoms with Crippen molar-refractivity contribution in [1.29, 1.82) is 0 Å². The first-order valence-corrected chi connectivity index (χ1v) is 7.99. The highest BCUT2D eigenvalue weighted by Gasteiger charge is 2.21. The lowest BCUT2D eigenvalue weighted by Gasteiger charge is -2.38. The van der Waals surface area contributed by atoms with Gasteiger partial charge in [-0.3, -0.25) is 4.90 Å². The lowest BCUT2D eigenvalue weighted by Crippen LogP contribution is -2.52. The highest BCUT2D eigenvalue weighted by molar-refractivity contribution is 4.79. The zero-order valence-electron chi connectivity index (χ0n) is 12.3. The second-order valence-electron chi connectivity index (χ2n) is 6.06. The summed E-state index contributed by atoms with van der Waals surface area (Å²) in [4.78, 5) is 5.21. The van der Waals surface area contributed by atoms with E-state index in [2.05, 4.69) is 29.0 Å². The zero-order valence-corrected chi connectivity index (χ0v) is 12.3. The van der Waals surface area contributed by atoms with E-state index in [9.17, 15) is 0 Å². The summed E-state index contributed by atoms with van der Waals surface area (Å²) >= 11 is 0. The van der Waals surface area contributed by atoms with Gasteiger partial charge in [-0.05, 0) is 26.3 Å². The molecule has 1 aliphatic heterocycles. The minimum absolute atomic E-state index is 0.700. The van der Waals surface area contributed by atoms with Crippen molar-refractivity contribution >= 4 is 0 Å². The molecule has 0 bridgehead atoms. The lowest BCUT2D eigenvalue weighted by atomic mass is 9.95. The van der Waals surface area contributed by atoms with Crippen LogP contribution in [0.2, 0.25) is 0 Å². The second kappa shape index (κ2) is 7.46. The van der Waals surface area contributed by atoms with Crippen molar-refractivity contribution in [3.8, 4) is 0 Å². The first kappa shape index (κ1) is 14.3. The summed E-state index contributed by atoms with van der Waals surface area (Å²) in [5.74, 6) is 0. The smallest absolute Gasteiger partial charge is 0.0193 e. The molecular formula is C15H31N3. The van der Waals surface area contributed by atoms with Crippen molar-refractivity contribution in [3.05, 3.63) is 0 Å². The molecule has 1 aliphatic carbocycles. The van der Waals surface area contributed by atoms with Crippen molar-refractivity contribution in [3.63, 3.8) is 0 Å². The summed E-state index contributed by atoms with van der Waals surface area (Å²) < 4.78 is 0. The number of nitrogens with one attached hydrogen (secondary N) is 1. The molecule has 18 heavy (non-hydrogen) atoms. The predicted molar refractivity (Wildman–Crippen MR) is 78.0 cm³/mol. The van der Waals surface area contributed by atoms with Gasteiger partial charge >= 0.3 is 0 Å². The van der Waals surface area contributed by atoms with Crippen LogP contribution >= 0.6 is 0 Å². The van der Waals surface area contributed by atoms with Gasteiger partial charge in [-0.25, -0.2) is 0 Å². The van der Waals surface area contributed by atoms with E-state index in [4.69, 9.17) is 0 Å². The van der Waals surface area contributed by atoms with Crippen molar-refractivity contribution in [2.24, 2.45) is 0 Å². The van der Waals surface area contributed by atoms with Crippen LogP contribution in [-0.2, 0) is 0 Å². The van der Waals surface area contributed by atoms with E-state index >= 15 is 0 Å². The fraction of sp³-hybridized carbons (Fsp3) is 1.00. The molecule has 1 unspecified atom stereocenters. The van der Waals surface area contributed by atoms with Gasteiger partial charge in [-0.1, -0.05) is 26.2 Å². The Kier molecular flexibility index (Phi) is 5.93. The number of hydrogen-bond donors (Lipinski definition) is 1. The van der Waals surface area contributed by atoms with E-state index in [0.717, 1.165) is 6.04 Å². The van der Waals surface area contributed by atoms with Gasteiger partial charge in [0, 0.05) is 44.8 Å². The van der Waals surface area contributed by atoms with Gasteiger partial charge in [0.25, 0.3) is 0 Å². The molecule has 0 aromatic rings. The molecule has 0 radical (unpaired) electrons. The summed E-state index contributed by atoms with van der Waals surface area (Å²) in [6.07, 6.45) is 7.11. The SMILES string of the molecule is CCN1CCN(C(C)CNC2CCCCC2)CC1. The van der Waals surface area contributed by atoms with Crippen LogP contribution < -0.4 is 5.32 Å². The monoisotopic (exact) mass is 253 g/mol. The Morgan fingerprint density at radius 1 is 1.06 bits per heavy atom. The summed E-state index contributed by atoms with van der Waals surface area (Å²) in [5.41, 5.74) is 0. The quantitative estimate of drug-likeness (QED) is 0.808. The highest BCUT2D eigenvalue weighted by Crippen LogP contribution is 2.17. The number of nitrogens with zero attached hydrogens (tertiary/aromatic N) is 2. The normalized spacial score (nSPS) is 26.3. The maximum atomic E-state index is 3.79. The largest absolute Gasteiger partial charge is 0.312 e. The Morgan fingerprint density at radius 3 is 2.33 bits per heavy atom. The standard InChI is InChI=1S/C15H31N3/c1-3-17-9-11-18(12-10-17)14(2)13-16-15-7-5-4-6-8-15/h14-16H,3-13H2,1-2H3. The topological polar surface area (TPSA) is 18.5 Å². The van der Waals surface area contributed by atoms with Crippen molar-refractivity contribution in [2.75, 3.05) is 39.3 Å². The summed E-state index contributed by atoms with van der Waals surface area (Å²) in [6, 6.07) is 1.50. The summed E-state index contributed by atoms with van der Waals surface area (Å²) in [5, 5.41) is 3.79. The average Bonchev–Trinajstić information content (AvgIpc) is 2.46. The Bertz CT molecular complexity index is 218. The molecule has 1 atom stereocenters. The van der Waals surface area contributed by atoms with E-state index in [-0.39, 0.29) is 0 Å². The van der Waals surface area contributed by atoms with Gasteiger partial charge in [0.15, 0.2) is 0 Å². The van der Waals surface area contributed by atoms with E-state index in [1.807, 2.05) is 0 Å². The third-order valence-electron chi connectivity index (χ3n) is 4.78. The molecule has 1 N–H and O–H groups in total. The minimum Gasteiger partial charge on any atom is -0.312 e. The number of piperazine rings is 1. The number of hydrogen-bond acceptors (Lipinski definition) is 3. The van der Waals surface area contributed by atoms with Crippen LogP contribution in [0.4, 0.5) is 0 Å². The molecule has 1 saturated carbocycles. The third kappa shape index (κ3) is 4.22. The van der Waals surface area contributed by atoms with Gasteiger partial charge < -0.3 is 10.2 Å². The molecule has 106 valence electrons. The van der Waals surface area contributed by atoms with Crippen LogP contribution in [0, 0.1) is 0 Å². The number of rotatable bonds is 5. The fourth-order valence-corrected chi connectivity index (χ4v) is 3.29. The number of likely N-dealkylation sites (N-methyl/N-ethyl adjacent to an activating group) is 1. The van der Waals surface area contributed by atoms with E-state index in [1.54, 1.807) is 0 Å². The van der Waals surface area contributed by atoms with Gasteiger partial charge in [0.1, 0.15) is 0 Å². The van der Waals surface area contributed by atoms with Crippen molar-refractivity contribution < 1.29 is 0 Å². The van der Waals surface area contributed by atoms with Crippen LogP contribution in [0.1, 0.15) is 46.0 Å². The van der Waals surface area contributed by atoms with Gasteiger partial charge in [-0.2, -0.15) is 0 Å². The van der Waals surface area contributed by atoms with E-state index in [1.165, 1.54) is 71.4 Å². The minimum atomic E-state index is 0.700. The Balaban J connectivity index is 1.63. The van der Waals surface area contributed by atoms with Gasteiger partial charge in [0.2, 0.25) is 0 Å². The van der Waals surface area contributed by atoms with E-state index in [0.29, 0.717) is 6.04 Å². The zero-order chi connectivity index (χ0) is 12.8. The third-order valence-corrected chi connectivity index (χ3v) is 4.78. The molecule has 2 aliphatic rings. The first-order chi connectivity index (χ1) is 8.79. The maximum absolute atomic E-state index is 3.79. The van der Waals surface area contributed by atoms with Crippen LogP contribution in [0.15, 0.2) is 0 Å². The predicted octanol–water partition coefficient (Wildman–Crippen LogP) is 1.93. The maximum Gasteiger partial charge on any atom is 0.0193 e. The van der Waals surface area contributed by atoms with Crippen LogP contribution in [0.3, 0.4) is 0 Å².